The Kier molecular flexibility index (Phi) is 5.27. The molecule has 5 nitrogen and oxygen atoms in total. The zero-order chi connectivity index (χ0) is 19.5. The van der Waals surface area contributed by atoms with Crippen molar-refractivity contribution < 1.29 is 9.52 Å². The van der Waals surface area contributed by atoms with E-state index in [1.807, 2.05) is 30.3 Å². The van der Waals surface area contributed by atoms with E-state index in [4.69, 9.17) is 0 Å². The lowest BCUT2D eigenvalue weighted by atomic mass is 10.2. The summed E-state index contributed by atoms with van der Waals surface area (Å²) in [6.07, 6.45) is 1.42. The number of hydrogen-bond donors (Lipinski definition) is 1. The number of fused-ring (bicyclic) bond motifs is 1. The van der Waals surface area contributed by atoms with Crippen molar-refractivity contribution in [2.75, 3.05) is 11.1 Å². The zero-order valence-electron chi connectivity index (χ0n) is 15.1. The maximum Gasteiger partial charge on any atom is 0.251 e. The lowest BCUT2D eigenvalue weighted by Gasteiger charge is -2.06. The number of pyridine rings is 1. The molecule has 1 amide bonds. The van der Waals surface area contributed by atoms with Gasteiger partial charge in [0.05, 0.1) is 16.0 Å². The third-order valence-corrected chi connectivity index (χ3v) is 6.18. The second-order valence-electron chi connectivity index (χ2n) is 6.27. The van der Waals surface area contributed by atoms with Crippen LogP contribution in [0.4, 0.5) is 5.69 Å². The van der Waals surface area contributed by atoms with E-state index >= 15 is 0 Å². The third-order valence-electron chi connectivity index (χ3n) is 4.10. The van der Waals surface area contributed by atoms with Gasteiger partial charge in [0.2, 0.25) is 5.91 Å². The minimum Gasteiger partial charge on any atom is -0.618 e. The number of carbonyl (C=O) groups excluding carboxylic acids is 1. The summed E-state index contributed by atoms with van der Waals surface area (Å²) in [6, 6.07) is 19.0. The number of aryl methyl sites for hydroxylation is 1. The molecule has 0 saturated heterocycles. The normalized spacial score (nSPS) is 10.9. The molecule has 28 heavy (non-hydrogen) atoms. The molecule has 0 saturated carbocycles. The van der Waals surface area contributed by atoms with Crippen molar-refractivity contribution in [1.29, 1.82) is 0 Å². The van der Waals surface area contributed by atoms with Crippen LogP contribution >= 0.6 is 23.1 Å². The van der Waals surface area contributed by atoms with Gasteiger partial charge in [0.1, 0.15) is 5.01 Å². The number of thioether (sulfide) groups is 1. The van der Waals surface area contributed by atoms with Crippen LogP contribution in [0.25, 0.3) is 20.8 Å². The van der Waals surface area contributed by atoms with Crippen LogP contribution in [-0.4, -0.2) is 16.6 Å². The van der Waals surface area contributed by atoms with Crippen molar-refractivity contribution in [2.24, 2.45) is 0 Å². The molecule has 140 valence electrons. The first-order valence-electron chi connectivity index (χ1n) is 8.67. The van der Waals surface area contributed by atoms with Gasteiger partial charge in [0.15, 0.2) is 6.20 Å². The Labute approximate surface area is 170 Å². The molecule has 0 aliphatic heterocycles. The van der Waals surface area contributed by atoms with Gasteiger partial charge < -0.3 is 10.5 Å². The summed E-state index contributed by atoms with van der Waals surface area (Å²) in [5, 5.41) is 15.9. The molecule has 0 fully saturated rings. The lowest BCUT2D eigenvalue weighted by molar-refractivity contribution is -0.645. The zero-order valence-corrected chi connectivity index (χ0v) is 16.7. The van der Waals surface area contributed by atoms with Gasteiger partial charge in [-0.15, -0.1) is 11.3 Å². The van der Waals surface area contributed by atoms with Crippen LogP contribution in [-0.2, 0) is 4.79 Å². The average Bonchev–Trinajstić information content (AvgIpc) is 3.11. The van der Waals surface area contributed by atoms with E-state index in [9.17, 15) is 10.0 Å². The number of aromatic nitrogens is 2. The molecule has 2 aromatic carbocycles. The van der Waals surface area contributed by atoms with E-state index < -0.39 is 0 Å². The van der Waals surface area contributed by atoms with Crippen LogP contribution < -0.4 is 10.0 Å². The molecule has 2 heterocycles. The first-order valence-corrected chi connectivity index (χ1v) is 10.5. The Morgan fingerprint density at radius 3 is 2.79 bits per heavy atom. The number of amides is 1. The summed E-state index contributed by atoms with van der Waals surface area (Å²) < 4.78 is 1.92. The van der Waals surface area contributed by atoms with Crippen LogP contribution in [0.1, 0.15) is 5.56 Å². The molecular weight excluding hydrogens is 390 g/mol. The number of anilines is 1. The Bertz CT molecular complexity index is 1140. The van der Waals surface area contributed by atoms with E-state index in [-0.39, 0.29) is 11.7 Å². The molecule has 0 unspecified atom stereocenters. The highest BCUT2D eigenvalue weighted by Crippen LogP contribution is 2.31. The van der Waals surface area contributed by atoms with Gasteiger partial charge in [-0.1, -0.05) is 6.07 Å². The summed E-state index contributed by atoms with van der Waals surface area (Å²) in [4.78, 5) is 16.8. The lowest BCUT2D eigenvalue weighted by Crippen LogP contribution is -2.28. The molecule has 0 radical (unpaired) electrons. The smallest absolute Gasteiger partial charge is 0.251 e. The first kappa shape index (κ1) is 18.5. The van der Waals surface area contributed by atoms with Gasteiger partial charge in [0, 0.05) is 23.4 Å². The maximum absolute atomic E-state index is 12.1. The first-order chi connectivity index (χ1) is 13.6. The standard InChI is InChI=1S/C21H17N3O2S2/c1-14-5-10-17-18(12-14)28-21(23-17)15-6-8-16(9-7-15)22-19(25)13-27-20-4-2-3-11-24(20)26/h2-12H,13H2,1H3,(H,22,25). The second-order valence-corrected chi connectivity index (χ2v) is 8.30. The minimum atomic E-state index is -0.155. The third kappa shape index (κ3) is 4.16. The van der Waals surface area contributed by atoms with Crippen molar-refractivity contribution in [3.8, 4) is 10.6 Å². The molecule has 4 aromatic rings. The van der Waals surface area contributed by atoms with Gasteiger partial charge in [0.25, 0.3) is 5.03 Å². The minimum absolute atomic E-state index is 0.155. The summed E-state index contributed by atoms with van der Waals surface area (Å²) in [5.74, 6) is 0.0164. The Hall–Kier alpha value is -2.90. The highest BCUT2D eigenvalue weighted by Gasteiger charge is 2.10. The molecule has 7 heteroatoms. The molecule has 1 N–H and O–H groups in total. The van der Waals surface area contributed by atoms with Gasteiger partial charge in [-0.05, 0) is 66.7 Å². The molecule has 4 rings (SSSR count). The van der Waals surface area contributed by atoms with Crippen LogP contribution in [0.15, 0.2) is 71.9 Å². The Morgan fingerprint density at radius 2 is 2.00 bits per heavy atom. The van der Waals surface area contributed by atoms with E-state index in [0.717, 1.165) is 26.5 Å². The molecule has 0 spiro atoms. The predicted molar refractivity (Wildman–Crippen MR) is 115 cm³/mol. The fourth-order valence-electron chi connectivity index (χ4n) is 2.71. The van der Waals surface area contributed by atoms with Crippen molar-refractivity contribution >= 4 is 44.9 Å². The summed E-state index contributed by atoms with van der Waals surface area (Å²) in [5.41, 5.74) is 3.95. The van der Waals surface area contributed by atoms with Gasteiger partial charge in [-0.3, -0.25) is 4.79 Å². The van der Waals surface area contributed by atoms with Crippen molar-refractivity contribution in [3.05, 3.63) is 77.6 Å². The molecule has 0 bridgehead atoms. The number of benzene rings is 2. The van der Waals surface area contributed by atoms with Crippen molar-refractivity contribution in [3.63, 3.8) is 0 Å². The van der Waals surface area contributed by atoms with E-state index in [0.29, 0.717) is 5.03 Å². The van der Waals surface area contributed by atoms with Crippen LogP contribution in [0.3, 0.4) is 0 Å². The second kappa shape index (κ2) is 8.00. The van der Waals surface area contributed by atoms with Gasteiger partial charge in [-0.2, -0.15) is 4.73 Å². The van der Waals surface area contributed by atoms with Gasteiger partial charge >= 0.3 is 0 Å². The van der Waals surface area contributed by atoms with Crippen LogP contribution in [0.2, 0.25) is 0 Å². The van der Waals surface area contributed by atoms with E-state index in [1.54, 1.807) is 29.5 Å². The molecular formula is C21H17N3O2S2. The van der Waals surface area contributed by atoms with Gasteiger partial charge in [-0.25, -0.2) is 4.98 Å². The average molecular weight is 408 g/mol. The van der Waals surface area contributed by atoms with E-state index in [2.05, 4.69) is 29.4 Å². The SMILES string of the molecule is Cc1ccc2nc(-c3ccc(NC(=O)CSc4cccc[n+]4[O-])cc3)sc2c1. The highest BCUT2D eigenvalue weighted by atomic mass is 32.2. The quantitative estimate of drug-likeness (QED) is 0.297. The number of nitrogens with one attached hydrogen (secondary N) is 1. The predicted octanol–water partition coefficient (Wildman–Crippen LogP) is 4.64. The number of nitrogens with zero attached hydrogens (tertiary/aromatic N) is 2. The summed E-state index contributed by atoms with van der Waals surface area (Å²) >= 11 is 2.87. The number of hydrogen-bond acceptors (Lipinski definition) is 5. The summed E-state index contributed by atoms with van der Waals surface area (Å²) in [6.45, 7) is 2.07. The number of carbonyl (C=O) groups is 1. The number of rotatable bonds is 5. The number of thiazole rings is 1. The largest absolute Gasteiger partial charge is 0.618 e. The molecule has 0 aliphatic carbocycles. The maximum atomic E-state index is 12.1. The molecule has 2 aromatic heterocycles. The highest BCUT2D eigenvalue weighted by molar-refractivity contribution is 7.99. The Balaban J connectivity index is 1.41. The van der Waals surface area contributed by atoms with E-state index in [1.165, 1.54) is 28.2 Å². The monoisotopic (exact) mass is 407 g/mol. The van der Waals surface area contributed by atoms with Crippen LogP contribution in [0, 0.1) is 12.1 Å². The molecule has 0 aliphatic rings. The van der Waals surface area contributed by atoms with Crippen LogP contribution in [0.5, 0.6) is 0 Å². The van der Waals surface area contributed by atoms with Crippen molar-refractivity contribution in [2.45, 2.75) is 11.9 Å². The summed E-state index contributed by atoms with van der Waals surface area (Å²) in [7, 11) is 0. The fourth-order valence-corrected chi connectivity index (χ4v) is 4.50. The van der Waals surface area contributed by atoms with Crippen molar-refractivity contribution in [1.82, 2.24) is 4.98 Å². The Morgan fingerprint density at radius 1 is 1.18 bits per heavy atom. The molecule has 0 atom stereocenters. The topological polar surface area (TPSA) is 68.9 Å². The fraction of sp³-hybridized carbons (Fsp3) is 0.0952.